The summed E-state index contributed by atoms with van der Waals surface area (Å²) in [4.78, 5) is 11.1. The Morgan fingerprint density at radius 2 is 2.31 bits per heavy atom. The fourth-order valence-corrected chi connectivity index (χ4v) is 0.804. The molecule has 76 valence electrons. The molecule has 0 aromatic heterocycles. The lowest BCUT2D eigenvalue weighted by molar-refractivity contribution is -0.120. The number of rotatable bonds is 7. The van der Waals surface area contributed by atoms with E-state index in [-0.39, 0.29) is 11.9 Å². The van der Waals surface area contributed by atoms with Crippen molar-refractivity contribution in [2.75, 3.05) is 13.1 Å². The van der Waals surface area contributed by atoms with Crippen LogP contribution >= 0.6 is 0 Å². The zero-order valence-corrected chi connectivity index (χ0v) is 8.60. The number of amides is 1. The molecule has 0 saturated heterocycles. The monoisotopic (exact) mass is 184 g/mol. The Morgan fingerprint density at radius 1 is 1.62 bits per heavy atom. The molecule has 3 nitrogen and oxygen atoms in total. The molecule has 0 fully saturated rings. The maximum absolute atomic E-state index is 11.1. The highest BCUT2D eigenvalue weighted by Gasteiger charge is 2.00. The SMILES string of the molecule is C=CC(C)NCC(=O)NCCCC. The largest absolute Gasteiger partial charge is 0.355 e. The lowest BCUT2D eigenvalue weighted by Crippen LogP contribution is -2.37. The van der Waals surface area contributed by atoms with Crippen LogP contribution in [-0.2, 0) is 4.79 Å². The Hall–Kier alpha value is -0.830. The zero-order valence-electron chi connectivity index (χ0n) is 8.60. The van der Waals surface area contributed by atoms with Gasteiger partial charge >= 0.3 is 0 Å². The van der Waals surface area contributed by atoms with Crippen LogP contribution in [0.3, 0.4) is 0 Å². The quantitative estimate of drug-likeness (QED) is 0.459. The van der Waals surface area contributed by atoms with Crippen molar-refractivity contribution in [1.82, 2.24) is 10.6 Å². The molecule has 0 aromatic carbocycles. The summed E-state index contributed by atoms with van der Waals surface area (Å²) < 4.78 is 0. The van der Waals surface area contributed by atoms with Gasteiger partial charge in [-0.1, -0.05) is 19.4 Å². The van der Waals surface area contributed by atoms with E-state index in [1.807, 2.05) is 6.92 Å². The van der Waals surface area contributed by atoms with Crippen LogP contribution in [0.2, 0.25) is 0 Å². The molecule has 0 heterocycles. The van der Waals surface area contributed by atoms with Crippen LogP contribution in [0, 0.1) is 0 Å². The Labute approximate surface area is 80.6 Å². The van der Waals surface area contributed by atoms with Crippen LogP contribution in [0.15, 0.2) is 12.7 Å². The van der Waals surface area contributed by atoms with E-state index in [9.17, 15) is 4.79 Å². The third kappa shape index (κ3) is 7.53. The number of carbonyl (C=O) groups is 1. The standard InChI is InChI=1S/C10H20N2O/c1-4-6-7-11-10(13)8-12-9(3)5-2/h5,9,12H,2,4,6-8H2,1,3H3,(H,11,13). The first-order chi connectivity index (χ1) is 6.20. The van der Waals surface area contributed by atoms with E-state index in [0.29, 0.717) is 6.54 Å². The minimum absolute atomic E-state index is 0.0575. The molecule has 0 aromatic rings. The van der Waals surface area contributed by atoms with Crippen LogP contribution in [0.25, 0.3) is 0 Å². The van der Waals surface area contributed by atoms with Gasteiger partial charge in [-0.15, -0.1) is 6.58 Å². The van der Waals surface area contributed by atoms with Gasteiger partial charge in [0.25, 0.3) is 0 Å². The van der Waals surface area contributed by atoms with Crippen molar-refractivity contribution >= 4 is 5.91 Å². The first-order valence-electron chi connectivity index (χ1n) is 4.83. The predicted molar refractivity (Wildman–Crippen MR) is 55.6 cm³/mol. The molecule has 13 heavy (non-hydrogen) atoms. The average molecular weight is 184 g/mol. The minimum Gasteiger partial charge on any atom is -0.355 e. The Bertz CT molecular complexity index is 157. The van der Waals surface area contributed by atoms with Gasteiger partial charge in [0.15, 0.2) is 0 Å². The molecule has 0 bridgehead atoms. The lowest BCUT2D eigenvalue weighted by Gasteiger charge is -2.08. The van der Waals surface area contributed by atoms with Crippen molar-refractivity contribution in [3.8, 4) is 0 Å². The summed E-state index contributed by atoms with van der Waals surface area (Å²) in [7, 11) is 0. The number of unbranched alkanes of at least 4 members (excludes halogenated alkanes) is 1. The van der Waals surface area contributed by atoms with E-state index in [1.165, 1.54) is 0 Å². The molecule has 2 N–H and O–H groups in total. The van der Waals surface area contributed by atoms with E-state index >= 15 is 0 Å². The fraction of sp³-hybridized carbons (Fsp3) is 0.700. The molecule has 0 aliphatic heterocycles. The minimum atomic E-state index is 0.0575. The third-order valence-corrected chi connectivity index (χ3v) is 1.79. The predicted octanol–water partition coefficient (Wildman–Crippen LogP) is 1.07. The fourth-order valence-electron chi connectivity index (χ4n) is 0.804. The second kappa shape index (κ2) is 7.80. The van der Waals surface area contributed by atoms with E-state index < -0.39 is 0 Å². The highest BCUT2D eigenvalue weighted by molar-refractivity contribution is 5.77. The molecule has 1 unspecified atom stereocenters. The average Bonchev–Trinajstić information content (AvgIpc) is 2.14. The van der Waals surface area contributed by atoms with E-state index in [1.54, 1.807) is 6.08 Å². The number of hydrogen-bond acceptors (Lipinski definition) is 2. The maximum Gasteiger partial charge on any atom is 0.233 e. The summed E-state index contributed by atoms with van der Waals surface area (Å²) in [5.74, 6) is 0.0575. The van der Waals surface area contributed by atoms with Crippen LogP contribution in [-0.4, -0.2) is 25.0 Å². The molecule has 0 aliphatic rings. The summed E-state index contributed by atoms with van der Waals surface area (Å²) >= 11 is 0. The number of carbonyl (C=O) groups excluding carboxylic acids is 1. The van der Waals surface area contributed by atoms with Gasteiger partial charge in [0, 0.05) is 12.6 Å². The normalized spacial score (nSPS) is 12.2. The number of nitrogens with one attached hydrogen (secondary N) is 2. The molecule has 0 aliphatic carbocycles. The maximum atomic E-state index is 11.1. The van der Waals surface area contributed by atoms with Crippen molar-refractivity contribution in [3.05, 3.63) is 12.7 Å². The van der Waals surface area contributed by atoms with Crippen LogP contribution < -0.4 is 10.6 Å². The van der Waals surface area contributed by atoms with Crippen molar-refractivity contribution in [2.45, 2.75) is 32.7 Å². The van der Waals surface area contributed by atoms with E-state index in [2.05, 4.69) is 24.1 Å². The second-order valence-corrected chi connectivity index (χ2v) is 3.11. The topological polar surface area (TPSA) is 41.1 Å². The van der Waals surface area contributed by atoms with Gasteiger partial charge in [-0.2, -0.15) is 0 Å². The summed E-state index contributed by atoms with van der Waals surface area (Å²) in [5, 5.41) is 5.86. The van der Waals surface area contributed by atoms with Gasteiger partial charge in [-0.05, 0) is 13.3 Å². The van der Waals surface area contributed by atoms with Gasteiger partial charge in [-0.3, -0.25) is 4.79 Å². The zero-order chi connectivity index (χ0) is 10.1. The smallest absolute Gasteiger partial charge is 0.233 e. The van der Waals surface area contributed by atoms with Crippen molar-refractivity contribution in [1.29, 1.82) is 0 Å². The Balaban J connectivity index is 3.35. The summed E-state index contributed by atoms with van der Waals surface area (Å²) in [5.41, 5.74) is 0. The molecule has 1 amide bonds. The van der Waals surface area contributed by atoms with Crippen molar-refractivity contribution in [2.24, 2.45) is 0 Å². The summed E-state index contributed by atoms with van der Waals surface area (Å²) in [6.45, 7) is 8.83. The highest BCUT2D eigenvalue weighted by atomic mass is 16.1. The molecule has 0 saturated carbocycles. The summed E-state index contributed by atoms with van der Waals surface area (Å²) in [6.07, 6.45) is 3.93. The molecule has 0 radical (unpaired) electrons. The summed E-state index contributed by atoms with van der Waals surface area (Å²) in [6, 6.07) is 0.192. The van der Waals surface area contributed by atoms with Crippen LogP contribution in [0.1, 0.15) is 26.7 Å². The van der Waals surface area contributed by atoms with Crippen molar-refractivity contribution < 1.29 is 4.79 Å². The van der Waals surface area contributed by atoms with E-state index in [4.69, 9.17) is 0 Å². The van der Waals surface area contributed by atoms with Crippen LogP contribution in [0.4, 0.5) is 0 Å². The first-order valence-corrected chi connectivity index (χ1v) is 4.83. The van der Waals surface area contributed by atoms with Gasteiger partial charge in [0.2, 0.25) is 5.91 Å². The van der Waals surface area contributed by atoms with Gasteiger partial charge in [-0.25, -0.2) is 0 Å². The molecule has 0 rings (SSSR count). The van der Waals surface area contributed by atoms with E-state index in [0.717, 1.165) is 19.4 Å². The number of hydrogen-bond donors (Lipinski definition) is 2. The molecular formula is C10H20N2O. The highest BCUT2D eigenvalue weighted by Crippen LogP contribution is 1.83. The molecule has 3 heteroatoms. The Morgan fingerprint density at radius 3 is 2.85 bits per heavy atom. The van der Waals surface area contributed by atoms with Gasteiger partial charge in [0.05, 0.1) is 6.54 Å². The van der Waals surface area contributed by atoms with Gasteiger partial charge < -0.3 is 10.6 Å². The van der Waals surface area contributed by atoms with Crippen molar-refractivity contribution in [3.63, 3.8) is 0 Å². The van der Waals surface area contributed by atoms with Gasteiger partial charge in [0.1, 0.15) is 0 Å². The first kappa shape index (κ1) is 12.2. The lowest BCUT2D eigenvalue weighted by atomic mass is 10.3. The molecule has 0 spiro atoms. The second-order valence-electron chi connectivity index (χ2n) is 3.11. The Kier molecular flexibility index (Phi) is 7.30. The third-order valence-electron chi connectivity index (χ3n) is 1.79. The molecular weight excluding hydrogens is 164 g/mol. The van der Waals surface area contributed by atoms with Crippen LogP contribution in [0.5, 0.6) is 0 Å². The molecule has 1 atom stereocenters.